The number of methoxy groups -OCH3 is 2. The summed E-state index contributed by atoms with van der Waals surface area (Å²) < 4.78 is 9.05. The molecule has 0 fully saturated rings. The molecule has 0 bridgehead atoms. The van der Waals surface area contributed by atoms with E-state index in [1.807, 2.05) is 0 Å². The highest BCUT2D eigenvalue weighted by molar-refractivity contribution is 5.83. The second-order valence-corrected chi connectivity index (χ2v) is 3.60. The number of carbonyl (C=O) groups is 3. The molecule has 18 heavy (non-hydrogen) atoms. The summed E-state index contributed by atoms with van der Waals surface area (Å²) in [6.07, 6.45) is 4.62. The van der Waals surface area contributed by atoms with Gasteiger partial charge in [-0.2, -0.15) is 0 Å². The van der Waals surface area contributed by atoms with Crippen LogP contribution in [0.5, 0.6) is 0 Å². The van der Waals surface area contributed by atoms with Crippen molar-refractivity contribution in [3.63, 3.8) is 0 Å². The number of ether oxygens (including phenoxy) is 2. The highest BCUT2D eigenvalue weighted by Gasteiger charge is 2.17. The van der Waals surface area contributed by atoms with Gasteiger partial charge in [0.15, 0.2) is 0 Å². The number of nitrogens with one attached hydrogen (secondary N) is 1. The Morgan fingerprint density at radius 2 is 1.83 bits per heavy atom. The topological polar surface area (TPSA) is 81.7 Å². The maximum atomic E-state index is 11.3. The van der Waals surface area contributed by atoms with E-state index in [0.717, 1.165) is 0 Å². The van der Waals surface area contributed by atoms with Crippen molar-refractivity contribution in [2.75, 3.05) is 14.2 Å². The molecular weight excluding hydrogens is 238 g/mol. The van der Waals surface area contributed by atoms with E-state index in [0.29, 0.717) is 12.8 Å². The van der Waals surface area contributed by atoms with Gasteiger partial charge in [0.1, 0.15) is 6.04 Å². The van der Waals surface area contributed by atoms with Gasteiger partial charge in [0.2, 0.25) is 5.91 Å². The molecular formula is C12H19NO5. The van der Waals surface area contributed by atoms with E-state index >= 15 is 0 Å². The molecule has 0 aromatic rings. The first-order valence-electron chi connectivity index (χ1n) is 5.58. The normalized spacial score (nSPS) is 11.9. The smallest absolute Gasteiger partial charge is 0.328 e. The van der Waals surface area contributed by atoms with Crippen LogP contribution in [0.2, 0.25) is 0 Å². The molecule has 0 heterocycles. The maximum absolute atomic E-state index is 11.3. The Hall–Kier alpha value is -1.85. The molecule has 0 aromatic heterocycles. The molecule has 0 aromatic carbocycles. The van der Waals surface area contributed by atoms with Gasteiger partial charge >= 0.3 is 11.9 Å². The van der Waals surface area contributed by atoms with Gasteiger partial charge in [0.05, 0.1) is 14.2 Å². The molecule has 0 aliphatic carbocycles. The van der Waals surface area contributed by atoms with Gasteiger partial charge in [-0.1, -0.05) is 12.2 Å². The summed E-state index contributed by atoms with van der Waals surface area (Å²) in [5.74, 6) is -1.08. The zero-order valence-electron chi connectivity index (χ0n) is 10.9. The van der Waals surface area contributed by atoms with Gasteiger partial charge in [-0.3, -0.25) is 9.59 Å². The van der Waals surface area contributed by atoms with Crippen molar-refractivity contribution in [1.82, 2.24) is 5.32 Å². The number of hydrogen-bond acceptors (Lipinski definition) is 5. The summed E-state index contributed by atoms with van der Waals surface area (Å²) in [6.45, 7) is 1.33. The van der Waals surface area contributed by atoms with E-state index in [2.05, 4.69) is 14.8 Å². The number of hydrogen-bond donors (Lipinski definition) is 1. The zero-order valence-corrected chi connectivity index (χ0v) is 10.9. The predicted octanol–water partition coefficient (Wildman–Crippen LogP) is 0.564. The zero-order chi connectivity index (χ0) is 14.0. The Kier molecular flexibility index (Phi) is 8.26. The van der Waals surface area contributed by atoms with Crippen LogP contribution < -0.4 is 5.32 Å². The van der Waals surface area contributed by atoms with Gasteiger partial charge in [0.25, 0.3) is 0 Å². The average Bonchev–Trinajstić information content (AvgIpc) is 2.35. The van der Waals surface area contributed by atoms with E-state index in [-0.39, 0.29) is 18.3 Å². The molecule has 0 unspecified atom stereocenters. The lowest BCUT2D eigenvalue weighted by Crippen LogP contribution is -2.39. The molecule has 0 spiro atoms. The largest absolute Gasteiger partial charge is 0.469 e. The summed E-state index contributed by atoms with van der Waals surface area (Å²) in [5, 5.41) is 2.49. The summed E-state index contributed by atoms with van der Waals surface area (Å²) in [5.41, 5.74) is 0. The first-order chi connectivity index (χ1) is 8.51. The van der Waals surface area contributed by atoms with Gasteiger partial charge in [-0.05, 0) is 12.8 Å². The molecule has 6 nitrogen and oxygen atoms in total. The van der Waals surface area contributed by atoms with Crippen molar-refractivity contribution in [3.05, 3.63) is 12.2 Å². The SMILES string of the molecule is COC(=O)CCC=CC[C@H](NC(C)=O)C(=O)OC. The maximum Gasteiger partial charge on any atom is 0.328 e. The second-order valence-electron chi connectivity index (χ2n) is 3.60. The van der Waals surface area contributed by atoms with Crippen molar-refractivity contribution >= 4 is 17.8 Å². The van der Waals surface area contributed by atoms with Gasteiger partial charge < -0.3 is 14.8 Å². The molecule has 0 aliphatic heterocycles. The fourth-order valence-corrected chi connectivity index (χ4v) is 1.26. The lowest BCUT2D eigenvalue weighted by Gasteiger charge is -2.12. The van der Waals surface area contributed by atoms with Crippen molar-refractivity contribution in [1.29, 1.82) is 0 Å². The van der Waals surface area contributed by atoms with Crippen LogP contribution in [0.25, 0.3) is 0 Å². The predicted molar refractivity (Wildman–Crippen MR) is 64.6 cm³/mol. The molecule has 0 radical (unpaired) electrons. The van der Waals surface area contributed by atoms with Crippen LogP contribution in [0.3, 0.4) is 0 Å². The van der Waals surface area contributed by atoms with Crippen LogP contribution >= 0.6 is 0 Å². The van der Waals surface area contributed by atoms with Crippen LogP contribution in [0, 0.1) is 0 Å². The number of carbonyl (C=O) groups excluding carboxylic acids is 3. The monoisotopic (exact) mass is 257 g/mol. The van der Waals surface area contributed by atoms with Crippen molar-refractivity contribution in [3.8, 4) is 0 Å². The molecule has 1 N–H and O–H groups in total. The van der Waals surface area contributed by atoms with Crippen LogP contribution in [-0.2, 0) is 23.9 Å². The van der Waals surface area contributed by atoms with Gasteiger partial charge in [-0.15, -0.1) is 0 Å². The summed E-state index contributed by atoms with van der Waals surface area (Å²) in [6, 6.07) is -0.693. The molecule has 102 valence electrons. The molecule has 1 amide bonds. The molecule has 0 saturated carbocycles. The number of allylic oxidation sites excluding steroid dienone is 1. The average molecular weight is 257 g/mol. The fraction of sp³-hybridized carbons (Fsp3) is 0.583. The van der Waals surface area contributed by atoms with E-state index in [9.17, 15) is 14.4 Å². The number of rotatable bonds is 7. The van der Waals surface area contributed by atoms with E-state index < -0.39 is 12.0 Å². The van der Waals surface area contributed by atoms with Crippen LogP contribution in [0.4, 0.5) is 0 Å². The number of amides is 1. The minimum Gasteiger partial charge on any atom is -0.469 e. The van der Waals surface area contributed by atoms with E-state index in [1.54, 1.807) is 12.2 Å². The van der Waals surface area contributed by atoms with Crippen LogP contribution in [0.15, 0.2) is 12.2 Å². The van der Waals surface area contributed by atoms with Gasteiger partial charge in [-0.25, -0.2) is 4.79 Å². The van der Waals surface area contributed by atoms with Crippen LogP contribution in [-0.4, -0.2) is 38.1 Å². The van der Waals surface area contributed by atoms with Crippen molar-refractivity contribution in [2.45, 2.75) is 32.2 Å². The lowest BCUT2D eigenvalue weighted by atomic mass is 10.1. The Morgan fingerprint density at radius 1 is 1.17 bits per heavy atom. The second kappa shape index (κ2) is 9.21. The third kappa shape index (κ3) is 7.43. The van der Waals surface area contributed by atoms with Crippen molar-refractivity contribution in [2.24, 2.45) is 0 Å². The quantitative estimate of drug-likeness (QED) is 0.532. The number of esters is 2. The Balaban J connectivity index is 4.09. The third-order valence-corrected chi connectivity index (χ3v) is 2.14. The minimum absolute atomic E-state index is 0.286. The van der Waals surface area contributed by atoms with Gasteiger partial charge in [0, 0.05) is 13.3 Å². The fourth-order valence-electron chi connectivity index (χ4n) is 1.26. The summed E-state index contributed by atoms with van der Waals surface area (Å²) >= 11 is 0. The lowest BCUT2D eigenvalue weighted by molar-refractivity contribution is -0.144. The standard InChI is InChI=1S/C12H19NO5/c1-9(14)13-10(12(16)18-3)7-5-4-6-8-11(15)17-2/h4-5,10H,6-8H2,1-3H3,(H,13,14)/t10-/m0/s1. The van der Waals surface area contributed by atoms with Crippen LogP contribution in [0.1, 0.15) is 26.2 Å². The summed E-state index contributed by atoms with van der Waals surface area (Å²) in [4.78, 5) is 33.0. The molecule has 0 aliphatic rings. The van der Waals surface area contributed by atoms with E-state index in [4.69, 9.17) is 0 Å². The Morgan fingerprint density at radius 3 is 2.33 bits per heavy atom. The Labute approximate surface area is 106 Å². The molecule has 0 saturated heterocycles. The molecule has 1 atom stereocenters. The molecule has 6 heteroatoms. The van der Waals surface area contributed by atoms with E-state index in [1.165, 1.54) is 21.1 Å². The molecule has 0 rings (SSSR count). The minimum atomic E-state index is -0.693. The third-order valence-electron chi connectivity index (χ3n) is 2.14. The first kappa shape index (κ1) is 16.1. The highest BCUT2D eigenvalue weighted by atomic mass is 16.5. The first-order valence-corrected chi connectivity index (χ1v) is 5.58. The summed E-state index contributed by atoms with van der Waals surface area (Å²) in [7, 11) is 2.59. The highest BCUT2D eigenvalue weighted by Crippen LogP contribution is 2.00. The van der Waals surface area contributed by atoms with Crippen molar-refractivity contribution < 1.29 is 23.9 Å². The Bertz CT molecular complexity index is 324.